The zero-order chi connectivity index (χ0) is 21.1. The van der Waals surface area contributed by atoms with Crippen LogP contribution in [0.25, 0.3) is 5.65 Å². The van der Waals surface area contributed by atoms with E-state index in [1.165, 1.54) is 0 Å². The Bertz CT molecular complexity index is 999. The third kappa shape index (κ3) is 4.58. The van der Waals surface area contributed by atoms with Crippen molar-refractivity contribution >= 4 is 17.2 Å². The summed E-state index contributed by atoms with van der Waals surface area (Å²) < 4.78 is 47.5. The van der Waals surface area contributed by atoms with Crippen LogP contribution in [0.5, 0.6) is 5.75 Å². The van der Waals surface area contributed by atoms with Crippen LogP contribution in [0, 0.1) is 11.8 Å². The first-order valence-corrected chi connectivity index (χ1v) is 9.93. The maximum absolute atomic E-state index is 13.3. The van der Waals surface area contributed by atoms with E-state index in [0.717, 1.165) is 11.3 Å². The van der Waals surface area contributed by atoms with Crippen molar-refractivity contribution in [3.63, 3.8) is 0 Å². The molecule has 1 amide bonds. The molecule has 0 aliphatic heterocycles. The van der Waals surface area contributed by atoms with Crippen LogP contribution in [0.3, 0.4) is 0 Å². The molecule has 2 heterocycles. The number of nitrogens with one attached hydrogen (secondary N) is 1. The Morgan fingerprint density at radius 1 is 1.17 bits per heavy atom. The number of benzene rings is 1. The lowest BCUT2D eigenvalue weighted by atomic mass is 9.78. The molecule has 1 aliphatic rings. The summed E-state index contributed by atoms with van der Waals surface area (Å²) in [6.07, 6.45) is 0.779. The molecule has 30 heavy (non-hydrogen) atoms. The Hall–Kier alpha value is -3.03. The van der Waals surface area contributed by atoms with Crippen LogP contribution in [-0.2, 0) is 11.4 Å². The lowest BCUT2D eigenvalue weighted by Gasteiger charge is -2.32. The quantitative estimate of drug-likeness (QED) is 0.619. The maximum Gasteiger partial charge on any atom is 0.392 e. The van der Waals surface area contributed by atoms with Crippen molar-refractivity contribution in [2.45, 2.75) is 38.5 Å². The summed E-state index contributed by atoms with van der Waals surface area (Å²) in [6.45, 7) is 0.234. The number of amides is 1. The van der Waals surface area contributed by atoms with Gasteiger partial charge in [-0.05, 0) is 37.1 Å². The molecule has 158 valence electrons. The van der Waals surface area contributed by atoms with E-state index in [2.05, 4.69) is 10.3 Å². The fourth-order valence-electron chi connectivity index (χ4n) is 3.95. The van der Waals surface area contributed by atoms with E-state index in [9.17, 15) is 18.0 Å². The number of halogens is 3. The van der Waals surface area contributed by atoms with Gasteiger partial charge in [0.05, 0.1) is 11.6 Å². The molecule has 0 saturated heterocycles. The van der Waals surface area contributed by atoms with Gasteiger partial charge in [0, 0.05) is 30.1 Å². The number of carbonyl (C=O) groups excluding carboxylic acids is 1. The van der Waals surface area contributed by atoms with Gasteiger partial charge in [0.15, 0.2) is 0 Å². The van der Waals surface area contributed by atoms with E-state index >= 15 is 0 Å². The molecular formula is C22H22F3N3O2. The fraction of sp³-hybridized carbons (Fsp3) is 0.364. The first-order valence-electron chi connectivity index (χ1n) is 9.93. The predicted octanol–water partition coefficient (Wildman–Crippen LogP) is 5.22. The van der Waals surface area contributed by atoms with Crippen LogP contribution in [-0.4, -0.2) is 21.5 Å². The summed E-state index contributed by atoms with van der Waals surface area (Å²) in [4.78, 5) is 17.0. The Morgan fingerprint density at radius 3 is 2.80 bits per heavy atom. The molecule has 0 bridgehead atoms. The summed E-state index contributed by atoms with van der Waals surface area (Å²) in [5, 5.41) is 2.64. The van der Waals surface area contributed by atoms with Crippen LogP contribution in [0.2, 0.25) is 0 Å². The Labute approximate surface area is 171 Å². The second-order valence-corrected chi connectivity index (χ2v) is 7.54. The number of hydrogen-bond donors (Lipinski definition) is 1. The van der Waals surface area contributed by atoms with Crippen LogP contribution in [0.1, 0.15) is 31.4 Å². The van der Waals surface area contributed by atoms with Gasteiger partial charge in [-0.25, -0.2) is 4.98 Å². The first kappa shape index (κ1) is 20.3. The van der Waals surface area contributed by atoms with Gasteiger partial charge < -0.3 is 14.5 Å². The highest BCUT2D eigenvalue weighted by Crippen LogP contribution is 2.42. The molecule has 8 heteroatoms. The van der Waals surface area contributed by atoms with Crippen LogP contribution >= 0.6 is 0 Å². The Balaban J connectivity index is 1.40. The molecule has 2 aromatic heterocycles. The van der Waals surface area contributed by atoms with Crippen LogP contribution in [0.4, 0.5) is 18.9 Å². The molecule has 5 nitrogen and oxygen atoms in total. The number of fused-ring (bicyclic) bond motifs is 1. The molecule has 1 aliphatic carbocycles. The Morgan fingerprint density at radius 2 is 2.00 bits per heavy atom. The fourth-order valence-corrected chi connectivity index (χ4v) is 3.95. The van der Waals surface area contributed by atoms with Gasteiger partial charge in [0.25, 0.3) is 0 Å². The van der Waals surface area contributed by atoms with Crippen molar-refractivity contribution in [1.82, 2.24) is 9.38 Å². The third-order valence-electron chi connectivity index (χ3n) is 5.43. The lowest BCUT2D eigenvalue weighted by Crippen LogP contribution is -2.39. The highest BCUT2D eigenvalue weighted by molar-refractivity contribution is 5.93. The third-order valence-corrected chi connectivity index (χ3v) is 5.43. The van der Waals surface area contributed by atoms with E-state index < -0.39 is 23.9 Å². The highest BCUT2D eigenvalue weighted by atomic mass is 19.4. The summed E-state index contributed by atoms with van der Waals surface area (Å²) in [5.41, 5.74) is 1.97. The number of aromatic nitrogens is 2. The molecule has 1 fully saturated rings. The molecule has 0 spiro atoms. The van der Waals surface area contributed by atoms with Crippen LogP contribution < -0.4 is 10.1 Å². The number of imidazole rings is 1. The SMILES string of the molecule is O=C(Nc1cccc(OCc2cn3ccccc3n2)c1)C1CCCCC1C(F)(F)F. The van der Waals surface area contributed by atoms with Crippen molar-refractivity contribution in [2.75, 3.05) is 5.32 Å². The number of ether oxygens (including phenoxy) is 1. The van der Waals surface area contributed by atoms with Gasteiger partial charge in [-0.3, -0.25) is 4.79 Å². The van der Waals surface area contributed by atoms with E-state index in [1.807, 2.05) is 35.0 Å². The minimum atomic E-state index is -4.36. The molecule has 0 radical (unpaired) electrons. The van der Waals surface area contributed by atoms with Crippen molar-refractivity contribution in [3.8, 4) is 5.75 Å². The van der Waals surface area contributed by atoms with Gasteiger partial charge in [-0.1, -0.05) is 25.0 Å². The van der Waals surface area contributed by atoms with Crippen molar-refractivity contribution in [3.05, 3.63) is 60.6 Å². The number of nitrogens with zero attached hydrogens (tertiary/aromatic N) is 2. The summed E-state index contributed by atoms with van der Waals surface area (Å²) >= 11 is 0. The molecule has 1 saturated carbocycles. The molecule has 1 aromatic carbocycles. The minimum Gasteiger partial charge on any atom is -0.487 e. The van der Waals surface area contributed by atoms with E-state index in [-0.39, 0.29) is 19.4 Å². The van der Waals surface area contributed by atoms with Crippen molar-refractivity contribution in [1.29, 1.82) is 0 Å². The topological polar surface area (TPSA) is 55.6 Å². The number of pyridine rings is 1. The second kappa shape index (κ2) is 8.38. The first-order chi connectivity index (χ1) is 14.4. The monoisotopic (exact) mass is 417 g/mol. The normalized spacial score (nSPS) is 19.6. The molecular weight excluding hydrogens is 395 g/mol. The summed E-state index contributed by atoms with van der Waals surface area (Å²) in [5.74, 6) is -2.72. The largest absolute Gasteiger partial charge is 0.487 e. The van der Waals surface area contributed by atoms with Gasteiger partial charge in [0.2, 0.25) is 5.91 Å². The van der Waals surface area contributed by atoms with Gasteiger partial charge in [-0.15, -0.1) is 0 Å². The predicted molar refractivity (Wildman–Crippen MR) is 106 cm³/mol. The van der Waals surface area contributed by atoms with Crippen LogP contribution in [0.15, 0.2) is 54.9 Å². The zero-order valence-electron chi connectivity index (χ0n) is 16.2. The molecule has 2 unspecified atom stereocenters. The highest BCUT2D eigenvalue weighted by Gasteiger charge is 2.48. The molecule has 2 atom stereocenters. The number of alkyl halides is 3. The molecule has 1 N–H and O–H groups in total. The van der Waals surface area contributed by atoms with Crippen molar-refractivity contribution in [2.24, 2.45) is 11.8 Å². The maximum atomic E-state index is 13.3. The zero-order valence-corrected chi connectivity index (χ0v) is 16.2. The average Bonchev–Trinajstić information content (AvgIpc) is 3.15. The number of hydrogen-bond acceptors (Lipinski definition) is 3. The van der Waals surface area contributed by atoms with E-state index in [4.69, 9.17) is 4.74 Å². The summed E-state index contributed by atoms with van der Waals surface area (Å²) in [6, 6.07) is 12.4. The number of anilines is 1. The van der Waals surface area contributed by atoms with Crippen molar-refractivity contribution < 1.29 is 22.7 Å². The van der Waals surface area contributed by atoms with E-state index in [1.54, 1.807) is 24.3 Å². The van der Waals surface area contributed by atoms with Gasteiger partial charge in [0.1, 0.15) is 18.0 Å². The van der Waals surface area contributed by atoms with Gasteiger partial charge in [-0.2, -0.15) is 13.2 Å². The average molecular weight is 417 g/mol. The molecule has 3 aromatic rings. The number of rotatable bonds is 5. The Kier molecular flexibility index (Phi) is 5.65. The smallest absolute Gasteiger partial charge is 0.392 e. The molecule has 4 rings (SSSR count). The van der Waals surface area contributed by atoms with E-state index in [0.29, 0.717) is 24.3 Å². The standard InChI is InChI=1S/C22H22F3N3O2/c23-22(24,25)19-9-2-1-8-18(19)21(29)27-15-6-5-7-17(12-15)30-14-16-13-28-11-4-3-10-20(28)26-16/h3-7,10-13,18-19H,1-2,8-9,14H2,(H,27,29). The number of carbonyl (C=O) groups is 1. The minimum absolute atomic E-state index is 0.00372. The summed E-state index contributed by atoms with van der Waals surface area (Å²) in [7, 11) is 0. The van der Waals surface area contributed by atoms with Gasteiger partial charge >= 0.3 is 6.18 Å². The second-order valence-electron chi connectivity index (χ2n) is 7.54. The lowest BCUT2D eigenvalue weighted by molar-refractivity contribution is -0.197.